The summed E-state index contributed by atoms with van der Waals surface area (Å²) < 4.78 is 5.51. The number of ether oxygens (including phenoxy) is 1. The van der Waals surface area contributed by atoms with E-state index in [0.717, 1.165) is 38.5 Å². The van der Waals surface area contributed by atoms with Crippen molar-refractivity contribution in [3.63, 3.8) is 0 Å². The predicted molar refractivity (Wildman–Crippen MR) is 333 cm³/mol. The average Bonchev–Trinajstić information content (AvgIpc) is 3.42. The van der Waals surface area contributed by atoms with Crippen LogP contribution >= 0.6 is 0 Å². The third kappa shape index (κ3) is 61.8. The molecular formula is C70H137NO5. The molecule has 0 fully saturated rings. The molecule has 1 amide bonds. The molecule has 0 aliphatic carbocycles. The lowest BCUT2D eigenvalue weighted by Gasteiger charge is -2.22. The number of carbonyl (C=O) groups is 2. The summed E-state index contributed by atoms with van der Waals surface area (Å²) in [4.78, 5) is 24.6. The second-order valence-corrected chi connectivity index (χ2v) is 24.2. The number of aliphatic hydroxyl groups excluding tert-OH is 2. The SMILES string of the molecule is CCCCCCCCCCCCCCCCCCCCC(=O)OCCCCCCCCCCCCCC/C=C\CCCCCCCCCCCCCCCC(=O)NC(CO)C(O)CCCCCCCCCCCCCC. The fourth-order valence-corrected chi connectivity index (χ4v) is 11.2. The Labute approximate surface area is 476 Å². The molecule has 6 nitrogen and oxygen atoms in total. The lowest BCUT2D eigenvalue weighted by Crippen LogP contribution is -2.45. The summed E-state index contributed by atoms with van der Waals surface area (Å²) in [6.07, 6.45) is 81.2. The van der Waals surface area contributed by atoms with Gasteiger partial charge in [0.15, 0.2) is 0 Å². The van der Waals surface area contributed by atoms with Crippen molar-refractivity contribution in [3.05, 3.63) is 12.2 Å². The molecule has 2 atom stereocenters. The van der Waals surface area contributed by atoms with Gasteiger partial charge in [0.2, 0.25) is 5.91 Å². The van der Waals surface area contributed by atoms with Crippen LogP contribution in [0.1, 0.15) is 399 Å². The number of nitrogens with one attached hydrogen (secondary N) is 1. The summed E-state index contributed by atoms with van der Waals surface area (Å²) in [6.45, 7) is 4.99. The average molecular weight is 1070 g/mol. The van der Waals surface area contributed by atoms with Gasteiger partial charge >= 0.3 is 5.97 Å². The van der Waals surface area contributed by atoms with Gasteiger partial charge in [-0.25, -0.2) is 0 Å². The van der Waals surface area contributed by atoms with E-state index in [1.54, 1.807) is 0 Å². The minimum absolute atomic E-state index is 0.0218. The van der Waals surface area contributed by atoms with Gasteiger partial charge in [-0.2, -0.15) is 0 Å². The normalized spacial score (nSPS) is 12.5. The zero-order valence-electron chi connectivity index (χ0n) is 51.8. The highest BCUT2D eigenvalue weighted by atomic mass is 16.5. The Morgan fingerprint density at radius 3 is 0.934 bits per heavy atom. The number of rotatable bonds is 66. The van der Waals surface area contributed by atoms with E-state index < -0.39 is 12.1 Å². The van der Waals surface area contributed by atoms with Gasteiger partial charge in [0.05, 0.1) is 25.4 Å². The molecule has 3 N–H and O–H groups in total. The van der Waals surface area contributed by atoms with Gasteiger partial charge in [0, 0.05) is 12.8 Å². The number of hydrogen-bond acceptors (Lipinski definition) is 5. The molecule has 0 aromatic rings. The molecule has 0 aliphatic heterocycles. The van der Waals surface area contributed by atoms with Crippen LogP contribution in [0, 0.1) is 0 Å². The summed E-state index contributed by atoms with van der Waals surface area (Å²) in [7, 11) is 0. The zero-order chi connectivity index (χ0) is 55.0. The number of carbonyl (C=O) groups excluding carboxylic acids is 2. The highest BCUT2D eigenvalue weighted by molar-refractivity contribution is 5.76. The molecule has 0 bridgehead atoms. The summed E-state index contributed by atoms with van der Waals surface area (Å²) in [5.74, 6) is -0.0106. The van der Waals surface area contributed by atoms with E-state index >= 15 is 0 Å². The molecule has 0 radical (unpaired) electrons. The van der Waals surface area contributed by atoms with Crippen LogP contribution < -0.4 is 5.32 Å². The lowest BCUT2D eigenvalue weighted by atomic mass is 10.0. The lowest BCUT2D eigenvalue weighted by molar-refractivity contribution is -0.143. The van der Waals surface area contributed by atoms with Gasteiger partial charge in [0.1, 0.15) is 0 Å². The number of hydrogen-bond donors (Lipinski definition) is 3. The maximum absolute atomic E-state index is 12.5. The first-order chi connectivity index (χ1) is 37.5. The Balaban J connectivity index is 3.33. The van der Waals surface area contributed by atoms with Gasteiger partial charge in [-0.1, -0.05) is 347 Å². The van der Waals surface area contributed by atoms with E-state index in [1.807, 2.05) is 0 Å². The van der Waals surface area contributed by atoms with E-state index in [0.29, 0.717) is 25.9 Å². The van der Waals surface area contributed by atoms with Crippen LogP contribution in [-0.2, 0) is 14.3 Å². The van der Waals surface area contributed by atoms with Crippen LogP contribution in [-0.4, -0.2) is 47.4 Å². The first-order valence-electron chi connectivity index (χ1n) is 34.9. The van der Waals surface area contributed by atoms with E-state index in [4.69, 9.17) is 4.74 Å². The molecule has 0 saturated heterocycles. The molecular weight excluding hydrogens is 935 g/mol. The molecule has 0 spiro atoms. The molecule has 2 unspecified atom stereocenters. The van der Waals surface area contributed by atoms with Crippen LogP contribution in [0.15, 0.2) is 12.2 Å². The van der Waals surface area contributed by atoms with Crippen molar-refractivity contribution >= 4 is 11.9 Å². The molecule has 0 aliphatic rings. The van der Waals surface area contributed by atoms with Gasteiger partial charge in [-0.15, -0.1) is 0 Å². The van der Waals surface area contributed by atoms with Crippen molar-refractivity contribution in [2.45, 2.75) is 411 Å². The predicted octanol–water partition coefficient (Wildman–Crippen LogP) is 22.4. The standard InChI is InChI=1S/C70H137NO5/c1-3-5-7-9-11-13-15-17-18-19-34-37-40-44-48-52-56-60-64-70(75)76-65-61-57-53-49-45-41-38-35-32-30-28-26-24-22-20-21-23-25-27-29-31-33-36-39-43-47-51-55-59-63-69(74)71-67(66-72)68(73)62-58-54-50-46-42-16-14-12-10-8-6-4-2/h20,22,67-68,72-73H,3-19,21,23-66H2,1-2H3,(H,71,74)/b22-20-. The van der Waals surface area contributed by atoms with E-state index in [-0.39, 0.29) is 18.5 Å². The first kappa shape index (κ1) is 74.6. The maximum Gasteiger partial charge on any atom is 0.305 e. The summed E-state index contributed by atoms with van der Waals surface area (Å²) in [5.41, 5.74) is 0. The van der Waals surface area contributed by atoms with Crippen LogP contribution in [0.3, 0.4) is 0 Å². The summed E-state index contributed by atoms with van der Waals surface area (Å²) in [6, 6.07) is -0.539. The summed E-state index contributed by atoms with van der Waals surface area (Å²) >= 11 is 0. The largest absolute Gasteiger partial charge is 0.466 e. The highest BCUT2D eigenvalue weighted by Crippen LogP contribution is 2.19. The second kappa shape index (κ2) is 66.1. The molecule has 6 heteroatoms. The van der Waals surface area contributed by atoms with Crippen molar-refractivity contribution in [1.82, 2.24) is 5.32 Å². The molecule has 0 aromatic carbocycles. The molecule has 0 saturated carbocycles. The van der Waals surface area contributed by atoms with Crippen molar-refractivity contribution in [3.8, 4) is 0 Å². The Kier molecular flexibility index (Phi) is 64.9. The van der Waals surface area contributed by atoms with Crippen molar-refractivity contribution in [2.75, 3.05) is 13.2 Å². The third-order valence-electron chi connectivity index (χ3n) is 16.6. The Bertz CT molecular complexity index is 1140. The molecule has 0 aromatic heterocycles. The topological polar surface area (TPSA) is 95.9 Å². The fourth-order valence-electron chi connectivity index (χ4n) is 11.2. The monoisotopic (exact) mass is 1070 g/mol. The van der Waals surface area contributed by atoms with E-state index in [1.165, 1.54) is 327 Å². The maximum atomic E-state index is 12.5. The van der Waals surface area contributed by atoms with Crippen LogP contribution in [0.25, 0.3) is 0 Å². The zero-order valence-corrected chi connectivity index (χ0v) is 51.8. The van der Waals surface area contributed by atoms with Crippen LogP contribution in [0.2, 0.25) is 0 Å². The van der Waals surface area contributed by atoms with Gasteiger partial charge in [0.25, 0.3) is 0 Å². The van der Waals surface area contributed by atoms with Crippen LogP contribution in [0.4, 0.5) is 0 Å². The summed E-state index contributed by atoms with van der Waals surface area (Å²) in [5, 5.41) is 23.2. The quantitative estimate of drug-likeness (QED) is 0.0320. The van der Waals surface area contributed by atoms with E-state index in [2.05, 4.69) is 31.3 Å². The molecule has 452 valence electrons. The van der Waals surface area contributed by atoms with Gasteiger partial charge < -0.3 is 20.3 Å². The number of unbranched alkanes of at least 4 members (excludes halogenated alkanes) is 53. The first-order valence-corrected chi connectivity index (χ1v) is 34.9. The number of allylic oxidation sites excluding steroid dienone is 2. The smallest absolute Gasteiger partial charge is 0.305 e. The van der Waals surface area contributed by atoms with E-state index in [9.17, 15) is 19.8 Å². The number of aliphatic hydroxyl groups is 2. The molecule has 0 rings (SSSR count). The van der Waals surface area contributed by atoms with Crippen molar-refractivity contribution < 1.29 is 24.5 Å². The number of amides is 1. The minimum Gasteiger partial charge on any atom is -0.466 e. The fraction of sp³-hybridized carbons (Fsp3) is 0.943. The van der Waals surface area contributed by atoms with Crippen LogP contribution in [0.5, 0.6) is 0 Å². The third-order valence-corrected chi connectivity index (χ3v) is 16.6. The Morgan fingerprint density at radius 2 is 0.618 bits per heavy atom. The molecule has 0 heterocycles. The number of esters is 1. The van der Waals surface area contributed by atoms with Crippen molar-refractivity contribution in [1.29, 1.82) is 0 Å². The highest BCUT2D eigenvalue weighted by Gasteiger charge is 2.20. The van der Waals surface area contributed by atoms with Gasteiger partial charge in [-0.3, -0.25) is 9.59 Å². The minimum atomic E-state index is -0.662. The van der Waals surface area contributed by atoms with Crippen molar-refractivity contribution in [2.24, 2.45) is 0 Å². The second-order valence-electron chi connectivity index (χ2n) is 24.2. The Morgan fingerprint density at radius 1 is 0.355 bits per heavy atom. The molecule has 76 heavy (non-hydrogen) atoms. The van der Waals surface area contributed by atoms with Gasteiger partial charge in [-0.05, 0) is 51.4 Å². The Hall–Kier alpha value is -1.40.